The van der Waals surface area contributed by atoms with Gasteiger partial charge in [0.05, 0.1) is 0 Å². The number of aryl methyl sites for hydroxylation is 1. The molecule has 1 aromatic carbocycles. The molecule has 4 rings (SSSR count). The number of hydrogen-bond acceptors (Lipinski definition) is 5. The van der Waals surface area contributed by atoms with Crippen molar-refractivity contribution in [1.82, 2.24) is 14.5 Å². The summed E-state index contributed by atoms with van der Waals surface area (Å²) in [7, 11) is 0. The molecule has 1 saturated carbocycles. The van der Waals surface area contributed by atoms with Gasteiger partial charge in [0.25, 0.3) is 5.56 Å². The van der Waals surface area contributed by atoms with E-state index in [1.165, 1.54) is 12.8 Å². The highest BCUT2D eigenvalue weighted by atomic mass is 16.1. The highest BCUT2D eigenvalue weighted by molar-refractivity contribution is 5.79. The maximum atomic E-state index is 12.7. The molecule has 28 heavy (non-hydrogen) atoms. The van der Waals surface area contributed by atoms with E-state index < -0.39 is 0 Å². The Morgan fingerprint density at radius 1 is 1.11 bits per heavy atom. The molecule has 2 heterocycles. The second kappa shape index (κ2) is 7.62. The van der Waals surface area contributed by atoms with Gasteiger partial charge < -0.3 is 10.6 Å². The number of fused-ring (bicyclic) bond motifs is 1. The quantitative estimate of drug-likeness (QED) is 0.669. The van der Waals surface area contributed by atoms with E-state index >= 15 is 0 Å². The van der Waals surface area contributed by atoms with Crippen molar-refractivity contribution in [3.8, 4) is 0 Å². The average Bonchev–Trinajstić information content (AvgIpc) is 3.17. The molecule has 6 heteroatoms. The zero-order valence-corrected chi connectivity index (χ0v) is 16.7. The minimum Gasteiger partial charge on any atom is -0.383 e. The predicted octanol–water partition coefficient (Wildman–Crippen LogP) is 4.78. The summed E-state index contributed by atoms with van der Waals surface area (Å²) in [6.45, 7) is 6.17. The van der Waals surface area contributed by atoms with E-state index in [0.717, 1.165) is 40.8 Å². The lowest BCUT2D eigenvalue weighted by Crippen LogP contribution is -2.24. The van der Waals surface area contributed by atoms with Crippen LogP contribution >= 0.6 is 0 Å². The van der Waals surface area contributed by atoms with Crippen LogP contribution in [0.5, 0.6) is 0 Å². The van der Waals surface area contributed by atoms with Gasteiger partial charge in [-0.15, -0.1) is 0 Å². The summed E-state index contributed by atoms with van der Waals surface area (Å²) in [5, 5.41) is 7.58. The fraction of sp³-hybridized carbons (Fsp3) is 0.409. The van der Waals surface area contributed by atoms with E-state index in [4.69, 9.17) is 4.98 Å². The van der Waals surface area contributed by atoms with Crippen LogP contribution in [0.2, 0.25) is 0 Å². The van der Waals surface area contributed by atoms with E-state index in [1.54, 1.807) is 6.07 Å². The van der Waals surface area contributed by atoms with Crippen molar-refractivity contribution in [2.45, 2.75) is 58.5 Å². The standard InChI is InChI=1S/C22H27N5O/c1-14(2)24-16-8-10-17(11-9-16)25-22-23-13-19-15(3)12-20(28)27(21(19)26-22)18-6-4-5-7-18/h8-14,18,24H,4-7H2,1-3H3,(H,23,25,26). The molecular weight excluding hydrogens is 350 g/mol. The third-order valence-corrected chi connectivity index (χ3v) is 5.29. The van der Waals surface area contributed by atoms with Crippen LogP contribution in [0.3, 0.4) is 0 Å². The van der Waals surface area contributed by atoms with Crippen molar-refractivity contribution in [2.75, 3.05) is 10.6 Å². The van der Waals surface area contributed by atoms with Gasteiger partial charge in [-0.3, -0.25) is 9.36 Å². The van der Waals surface area contributed by atoms with Gasteiger partial charge in [0.15, 0.2) is 0 Å². The fourth-order valence-corrected chi connectivity index (χ4v) is 3.96. The molecule has 0 radical (unpaired) electrons. The highest BCUT2D eigenvalue weighted by Crippen LogP contribution is 2.31. The summed E-state index contributed by atoms with van der Waals surface area (Å²) in [5.41, 5.74) is 3.67. The minimum atomic E-state index is 0.0330. The third kappa shape index (κ3) is 3.72. The van der Waals surface area contributed by atoms with E-state index in [2.05, 4.69) is 29.5 Å². The van der Waals surface area contributed by atoms with Crippen molar-refractivity contribution in [2.24, 2.45) is 0 Å². The van der Waals surface area contributed by atoms with Gasteiger partial charge in [0, 0.05) is 41.1 Å². The van der Waals surface area contributed by atoms with Crippen LogP contribution in [-0.4, -0.2) is 20.6 Å². The molecule has 0 atom stereocenters. The SMILES string of the molecule is Cc1cc(=O)n(C2CCCC2)c2nc(Nc3ccc(NC(C)C)cc3)ncc12. The lowest BCUT2D eigenvalue weighted by atomic mass is 10.1. The van der Waals surface area contributed by atoms with Crippen LogP contribution in [-0.2, 0) is 0 Å². The number of benzene rings is 1. The molecule has 3 aromatic rings. The predicted molar refractivity (Wildman–Crippen MR) is 115 cm³/mol. The monoisotopic (exact) mass is 377 g/mol. The molecule has 6 nitrogen and oxygen atoms in total. The lowest BCUT2D eigenvalue weighted by molar-refractivity contribution is 0.515. The second-order valence-electron chi connectivity index (χ2n) is 7.91. The zero-order chi connectivity index (χ0) is 19.7. The van der Waals surface area contributed by atoms with E-state index in [0.29, 0.717) is 12.0 Å². The first-order valence-corrected chi connectivity index (χ1v) is 10.0. The van der Waals surface area contributed by atoms with Crippen LogP contribution in [0, 0.1) is 6.92 Å². The topological polar surface area (TPSA) is 71.8 Å². The van der Waals surface area contributed by atoms with Crippen molar-refractivity contribution < 1.29 is 0 Å². The van der Waals surface area contributed by atoms with E-state index in [-0.39, 0.29) is 11.6 Å². The summed E-state index contributed by atoms with van der Waals surface area (Å²) in [4.78, 5) is 21.9. The maximum absolute atomic E-state index is 12.7. The molecule has 0 amide bonds. The molecule has 146 valence electrons. The summed E-state index contributed by atoms with van der Waals surface area (Å²) in [5.74, 6) is 0.508. The van der Waals surface area contributed by atoms with E-state index in [9.17, 15) is 4.79 Å². The Balaban J connectivity index is 1.68. The number of anilines is 3. The zero-order valence-electron chi connectivity index (χ0n) is 16.7. The van der Waals surface area contributed by atoms with Gasteiger partial charge in [-0.2, -0.15) is 4.98 Å². The molecule has 0 unspecified atom stereocenters. The van der Waals surface area contributed by atoms with Gasteiger partial charge in [-0.1, -0.05) is 12.8 Å². The fourth-order valence-electron chi connectivity index (χ4n) is 3.96. The molecule has 1 aliphatic carbocycles. The Morgan fingerprint density at radius 2 is 1.79 bits per heavy atom. The maximum Gasteiger partial charge on any atom is 0.252 e. The van der Waals surface area contributed by atoms with Gasteiger partial charge in [-0.25, -0.2) is 4.98 Å². The molecule has 2 N–H and O–H groups in total. The minimum absolute atomic E-state index is 0.0330. The van der Waals surface area contributed by atoms with Crippen LogP contribution in [0.25, 0.3) is 11.0 Å². The van der Waals surface area contributed by atoms with Crippen LogP contribution in [0.15, 0.2) is 41.3 Å². The number of nitrogens with one attached hydrogen (secondary N) is 2. The normalized spacial score (nSPS) is 14.7. The highest BCUT2D eigenvalue weighted by Gasteiger charge is 2.21. The van der Waals surface area contributed by atoms with Gasteiger partial charge in [-0.05, 0) is 63.4 Å². The second-order valence-corrected chi connectivity index (χ2v) is 7.91. The Labute approximate surface area is 165 Å². The van der Waals surface area contributed by atoms with Crippen molar-refractivity contribution in [3.63, 3.8) is 0 Å². The number of aromatic nitrogens is 3. The summed E-state index contributed by atoms with van der Waals surface area (Å²) < 4.78 is 1.87. The number of nitrogens with zero attached hydrogens (tertiary/aromatic N) is 3. The van der Waals surface area contributed by atoms with Gasteiger partial charge >= 0.3 is 0 Å². The Kier molecular flexibility index (Phi) is 5.03. The van der Waals surface area contributed by atoms with Crippen LogP contribution < -0.4 is 16.2 Å². The van der Waals surface area contributed by atoms with Crippen molar-refractivity contribution in [3.05, 3.63) is 52.4 Å². The first-order chi connectivity index (χ1) is 13.5. The Hall–Kier alpha value is -2.89. The first kappa shape index (κ1) is 18.5. The number of pyridine rings is 1. The molecule has 2 aromatic heterocycles. The molecule has 0 aliphatic heterocycles. The Morgan fingerprint density at radius 3 is 2.46 bits per heavy atom. The summed E-state index contributed by atoms with van der Waals surface area (Å²) >= 11 is 0. The summed E-state index contributed by atoms with van der Waals surface area (Å²) in [6.07, 6.45) is 6.22. The summed E-state index contributed by atoms with van der Waals surface area (Å²) in [6, 6.07) is 10.4. The largest absolute Gasteiger partial charge is 0.383 e. The van der Waals surface area contributed by atoms with Crippen LogP contribution in [0.4, 0.5) is 17.3 Å². The molecule has 1 aliphatic rings. The van der Waals surface area contributed by atoms with E-state index in [1.807, 2.05) is 42.0 Å². The lowest BCUT2D eigenvalue weighted by Gasteiger charge is -2.17. The van der Waals surface area contributed by atoms with Gasteiger partial charge in [0.2, 0.25) is 5.95 Å². The van der Waals surface area contributed by atoms with Crippen molar-refractivity contribution in [1.29, 1.82) is 0 Å². The Bertz CT molecular complexity index is 1030. The average molecular weight is 377 g/mol. The first-order valence-electron chi connectivity index (χ1n) is 10.0. The molecule has 0 saturated heterocycles. The van der Waals surface area contributed by atoms with Crippen molar-refractivity contribution >= 4 is 28.4 Å². The smallest absolute Gasteiger partial charge is 0.252 e. The molecule has 0 bridgehead atoms. The molecular formula is C22H27N5O. The van der Waals surface area contributed by atoms with Gasteiger partial charge in [0.1, 0.15) is 5.65 Å². The number of rotatable bonds is 5. The molecule has 0 spiro atoms. The van der Waals surface area contributed by atoms with Crippen LogP contribution in [0.1, 0.15) is 51.1 Å². The number of hydrogen-bond donors (Lipinski definition) is 2. The molecule has 1 fully saturated rings. The third-order valence-electron chi connectivity index (χ3n) is 5.29.